The van der Waals surface area contributed by atoms with E-state index in [1.807, 2.05) is 36.4 Å². The summed E-state index contributed by atoms with van der Waals surface area (Å²) in [4.78, 5) is 15.6. The standard InChI is InChI=1S/C49H29N3O2/c1-3-11-30(12-4-1)33-15-9-16-35(27-33)47-50-48(36-22-21-32-24-26-43-46(40(32)28-36)37-17-7-8-19-41(37)53-43)52-49(51-47)39-18-10-20-42-45(39)38-25-23-34(29-44(38)54-42)31-13-5-2-6-14-31/h1-29H. The van der Waals surface area contributed by atoms with Crippen molar-refractivity contribution in [1.82, 2.24) is 15.0 Å². The highest BCUT2D eigenvalue weighted by molar-refractivity contribution is 6.19. The number of nitrogens with zero attached hydrogens (tertiary/aromatic N) is 3. The van der Waals surface area contributed by atoms with Gasteiger partial charge in [-0.25, -0.2) is 15.0 Å². The van der Waals surface area contributed by atoms with Crippen LogP contribution in [0.1, 0.15) is 0 Å². The second-order valence-corrected chi connectivity index (χ2v) is 13.6. The SMILES string of the molecule is c1ccc(-c2cccc(-c3nc(-c4ccc5ccc6oc7ccccc7c6c5c4)nc(-c4cccc5oc6cc(-c7ccccc7)ccc6c45)n3)c2)cc1. The number of rotatable bonds is 5. The van der Waals surface area contributed by atoms with Crippen molar-refractivity contribution in [1.29, 1.82) is 0 Å². The lowest BCUT2D eigenvalue weighted by Crippen LogP contribution is -2.00. The molecule has 0 aliphatic rings. The van der Waals surface area contributed by atoms with Gasteiger partial charge in [0.25, 0.3) is 0 Å². The molecule has 11 aromatic rings. The molecule has 5 heteroatoms. The van der Waals surface area contributed by atoms with Crippen LogP contribution in [0.2, 0.25) is 0 Å². The maximum absolute atomic E-state index is 6.51. The van der Waals surface area contributed by atoms with Crippen LogP contribution in [0.3, 0.4) is 0 Å². The fourth-order valence-electron chi connectivity index (χ4n) is 7.73. The van der Waals surface area contributed by atoms with E-state index < -0.39 is 0 Å². The van der Waals surface area contributed by atoms with E-state index in [1.165, 1.54) is 0 Å². The first-order valence-corrected chi connectivity index (χ1v) is 18.0. The third-order valence-corrected chi connectivity index (χ3v) is 10.3. The van der Waals surface area contributed by atoms with E-state index in [2.05, 4.69) is 140 Å². The Bertz CT molecular complexity index is 3220. The molecule has 0 amide bonds. The minimum atomic E-state index is 0.576. The second-order valence-electron chi connectivity index (χ2n) is 13.6. The molecule has 11 rings (SSSR count). The third-order valence-electron chi connectivity index (χ3n) is 10.3. The van der Waals surface area contributed by atoms with E-state index in [0.29, 0.717) is 17.5 Å². The molecule has 252 valence electrons. The van der Waals surface area contributed by atoms with E-state index in [4.69, 9.17) is 23.8 Å². The molecule has 0 bridgehead atoms. The molecule has 0 radical (unpaired) electrons. The van der Waals surface area contributed by atoms with E-state index in [-0.39, 0.29) is 0 Å². The van der Waals surface area contributed by atoms with Crippen LogP contribution < -0.4 is 0 Å². The van der Waals surface area contributed by atoms with Gasteiger partial charge in [0.1, 0.15) is 22.3 Å². The molecule has 0 saturated carbocycles. The minimum Gasteiger partial charge on any atom is -0.456 e. The summed E-state index contributed by atoms with van der Waals surface area (Å²) in [5.74, 6) is 1.76. The van der Waals surface area contributed by atoms with Crippen molar-refractivity contribution in [2.24, 2.45) is 0 Å². The summed E-state index contributed by atoms with van der Waals surface area (Å²) in [5.41, 5.74) is 10.4. The number of aromatic nitrogens is 3. The Morgan fingerprint density at radius 2 is 0.852 bits per heavy atom. The highest BCUT2D eigenvalue weighted by Gasteiger charge is 2.19. The Balaban J connectivity index is 1.14. The zero-order valence-corrected chi connectivity index (χ0v) is 28.9. The second kappa shape index (κ2) is 12.1. The molecule has 0 aliphatic heterocycles. The summed E-state index contributed by atoms with van der Waals surface area (Å²) in [7, 11) is 0. The molecule has 3 aromatic heterocycles. The lowest BCUT2D eigenvalue weighted by atomic mass is 10.0. The molecular formula is C49H29N3O2. The zero-order valence-electron chi connectivity index (χ0n) is 28.9. The lowest BCUT2D eigenvalue weighted by Gasteiger charge is -2.11. The van der Waals surface area contributed by atoms with E-state index >= 15 is 0 Å². The Morgan fingerprint density at radius 3 is 1.67 bits per heavy atom. The van der Waals surface area contributed by atoms with Crippen LogP contribution in [0.25, 0.3) is 111 Å². The smallest absolute Gasteiger partial charge is 0.164 e. The fraction of sp³-hybridized carbons (Fsp3) is 0. The van der Waals surface area contributed by atoms with Gasteiger partial charge in [-0.15, -0.1) is 0 Å². The van der Waals surface area contributed by atoms with Crippen molar-refractivity contribution >= 4 is 54.6 Å². The largest absolute Gasteiger partial charge is 0.456 e. The molecule has 8 aromatic carbocycles. The van der Waals surface area contributed by atoms with Crippen molar-refractivity contribution < 1.29 is 8.83 Å². The quantitative estimate of drug-likeness (QED) is 0.180. The molecule has 3 heterocycles. The van der Waals surface area contributed by atoms with Gasteiger partial charge < -0.3 is 8.83 Å². The summed E-state index contributed by atoms with van der Waals surface area (Å²) in [6.45, 7) is 0. The summed E-state index contributed by atoms with van der Waals surface area (Å²) < 4.78 is 12.8. The average molecular weight is 692 g/mol. The average Bonchev–Trinajstić information content (AvgIpc) is 3.82. The van der Waals surface area contributed by atoms with Crippen LogP contribution in [0, 0.1) is 0 Å². The topological polar surface area (TPSA) is 65.0 Å². The van der Waals surface area contributed by atoms with E-state index in [0.717, 1.165) is 93.6 Å². The normalized spacial score (nSPS) is 11.7. The van der Waals surface area contributed by atoms with Crippen molar-refractivity contribution in [2.45, 2.75) is 0 Å². The van der Waals surface area contributed by atoms with Crippen LogP contribution in [0.4, 0.5) is 0 Å². The van der Waals surface area contributed by atoms with Crippen LogP contribution in [0.15, 0.2) is 185 Å². The van der Waals surface area contributed by atoms with E-state index in [1.54, 1.807) is 0 Å². The van der Waals surface area contributed by atoms with Crippen LogP contribution in [-0.4, -0.2) is 15.0 Å². The first kappa shape index (κ1) is 30.3. The van der Waals surface area contributed by atoms with Gasteiger partial charge in [0.05, 0.1) is 0 Å². The van der Waals surface area contributed by atoms with Crippen molar-refractivity contribution in [2.75, 3.05) is 0 Å². The van der Waals surface area contributed by atoms with E-state index in [9.17, 15) is 0 Å². The lowest BCUT2D eigenvalue weighted by molar-refractivity contribution is 0.669. The number of para-hydroxylation sites is 1. The monoisotopic (exact) mass is 691 g/mol. The number of benzene rings is 8. The predicted molar refractivity (Wildman–Crippen MR) is 219 cm³/mol. The van der Waals surface area contributed by atoms with Gasteiger partial charge in [0.15, 0.2) is 17.5 Å². The molecule has 0 N–H and O–H groups in total. The Labute approximate surface area is 309 Å². The Morgan fingerprint density at radius 1 is 0.296 bits per heavy atom. The molecular weight excluding hydrogens is 663 g/mol. The highest BCUT2D eigenvalue weighted by Crippen LogP contribution is 2.40. The molecule has 0 spiro atoms. The molecule has 54 heavy (non-hydrogen) atoms. The summed E-state index contributed by atoms with van der Waals surface area (Å²) >= 11 is 0. The molecule has 0 saturated heterocycles. The molecule has 0 atom stereocenters. The van der Waals surface area contributed by atoms with Crippen LogP contribution >= 0.6 is 0 Å². The highest BCUT2D eigenvalue weighted by atomic mass is 16.3. The van der Waals surface area contributed by atoms with Crippen molar-refractivity contribution in [3.63, 3.8) is 0 Å². The van der Waals surface area contributed by atoms with Gasteiger partial charge in [-0.05, 0) is 75.5 Å². The molecule has 0 unspecified atom stereocenters. The predicted octanol–water partition coefficient (Wildman–Crippen LogP) is 13.2. The minimum absolute atomic E-state index is 0.576. The van der Waals surface area contributed by atoms with Crippen LogP contribution in [-0.2, 0) is 0 Å². The Kier molecular flexibility index (Phi) is 6.79. The van der Waals surface area contributed by atoms with Gasteiger partial charge in [0, 0.05) is 38.2 Å². The summed E-state index contributed by atoms with van der Waals surface area (Å²) in [5, 5.41) is 6.35. The van der Waals surface area contributed by atoms with Gasteiger partial charge >= 0.3 is 0 Å². The number of hydrogen-bond donors (Lipinski definition) is 0. The summed E-state index contributed by atoms with van der Waals surface area (Å²) in [6, 6.07) is 60.4. The molecule has 0 aliphatic carbocycles. The van der Waals surface area contributed by atoms with Crippen molar-refractivity contribution in [3.8, 4) is 56.4 Å². The van der Waals surface area contributed by atoms with Gasteiger partial charge in [-0.1, -0.05) is 133 Å². The Hall–Kier alpha value is -7.37. The summed E-state index contributed by atoms with van der Waals surface area (Å²) in [6.07, 6.45) is 0. The number of hydrogen-bond acceptors (Lipinski definition) is 5. The first-order valence-electron chi connectivity index (χ1n) is 18.0. The number of fused-ring (bicyclic) bond motifs is 8. The maximum Gasteiger partial charge on any atom is 0.164 e. The number of furan rings is 2. The van der Waals surface area contributed by atoms with Crippen molar-refractivity contribution in [3.05, 3.63) is 176 Å². The first-order chi connectivity index (χ1) is 26.7. The van der Waals surface area contributed by atoms with Crippen LogP contribution in [0.5, 0.6) is 0 Å². The van der Waals surface area contributed by atoms with Gasteiger partial charge in [-0.2, -0.15) is 0 Å². The fourth-order valence-corrected chi connectivity index (χ4v) is 7.73. The van der Waals surface area contributed by atoms with Gasteiger partial charge in [-0.3, -0.25) is 0 Å². The van der Waals surface area contributed by atoms with Gasteiger partial charge in [0.2, 0.25) is 0 Å². The zero-order chi connectivity index (χ0) is 35.6. The third kappa shape index (κ3) is 4.98. The molecule has 5 nitrogen and oxygen atoms in total. The maximum atomic E-state index is 6.51. The molecule has 0 fully saturated rings.